The van der Waals surface area contributed by atoms with Crippen LogP contribution in [0.25, 0.3) is 21.5 Å². The molecule has 41 heteroatoms. The van der Waals surface area contributed by atoms with Gasteiger partial charge in [-0.05, 0) is 209 Å². The van der Waals surface area contributed by atoms with E-state index in [0.29, 0.717) is 57.8 Å². The molecule has 676 valence electrons. The quantitative estimate of drug-likeness (QED) is 0.0446. The van der Waals surface area contributed by atoms with Gasteiger partial charge in [0.1, 0.15) is 35.3 Å². The van der Waals surface area contributed by atoms with Crippen molar-refractivity contribution in [2.24, 2.45) is 0 Å². The first kappa shape index (κ1) is 104. The van der Waals surface area contributed by atoms with Crippen molar-refractivity contribution >= 4 is 231 Å². The van der Waals surface area contributed by atoms with Crippen molar-refractivity contribution in [1.29, 1.82) is 0 Å². The molecule has 0 radical (unpaired) electrons. The Morgan fingerprint density at radius 3 is 1.11 bits per heavy atom. The molecule has 5 aromatic heterocycles. The van der Waals surface area contributed by atoms with Crippen molar-refractivity contribution in [3.05, 3.63) is 251 Å². The summed E-state index contributed by atoms with van der Waals surface area (Å²) >= 11 is 44.9. The van der Waals surface area contributed by atoms with Crippen LogP contribution in [0.15, 0.2) is 228 Å². The van der Waals surface area contributed by atoms with Gasteiger partial charge in [-0.1, -0.05) is 188 Å². The highest BCUT2D eigenvalue weighted by atomic mass is 35.5. The normalized spacial score (nSPS) is 12.4. The average molecular weight is 2020 g/mol. The molecule has 5 heterocycles. The summed E-state index contributed by atoms with van der Waals surface area (Å²) in [6.45, 7) is 27.1. The molecule has 0 spiro atoms. The smallest absolute Gasteiger partial charge is 0.247 e. The minimum Gasteiger partial charge on any atom is -0.359 e. The molecule has 5 amide bonds. The Bertz CT molecular complexity index is 6470. The monoisotopic (exact) mass is 2020 g/mol. The number of anilines is 5. The van der Waals surface area contributed by atoms with E-state index in [-0.39, 0.29) is 51.2 Å². The number of fused-ring (bicyclic) bond motifs is 1. The highest BCUT2D eigenvalue weighted by molar-refractivity contribution is 7.95. The van der Waals surface area contributed by atoms with Gasteiger partial charge in [0.25, 0.3) is 0 Å². The number of aromatic nitrogens is 5. The van der Waals surface area contributed by atoms with Gasteiger partial charge in [0.2, 0.25) is 29.5 Å². The fraction of sp³-hybridized carbons (Fsp3) is 0.279. The molecule has 0 atom stereocenters. The first-order chi connectivity index (χ1) is 58.6. The minimum atomic E-state index is -4.09. The maximum Gasteiger partial charge on any atom is 0.247 e. The summed E-state index contributed by atoms with van der Waals surface area (Å²) in [7, 11) is -19.8. The van der Waals surface area contributed by atoms with E-state index in [1.165, 1.54) is 212 Å². The summed E-state index contributed by atoms with van der Waals surface area (Å²) in [5.41, 5.74) is 3.68. The second-order valence-electron chi connectivity index (χ2n) is 32.6. The van der Waals surface area contributed by atoms with Gasteiger partial charge in [0, 0.05) is 64.5 Å². The van der Waals surface area contributed by atoms with Crippen LogP contribution in [0.3, 0.4) is 0 Å². The third-order valence-electron chi connectivity index (χ3n) is 19.3. The van der Waals surface area contributed by atoms with E-state index >= 15 is 0 Å². The van der Waals surface area contributed by atoms with Crippen LogP contribution in [0.4, 0.5) is 27.0 Å². The van der Waals surface area contributed by atoms with Gasteiger partial charge < -0.3 is 31.1 Å². The molecule has 26 nitrogen and oxygen atoms in total. The fourth-order valence-electron chi connectivity index (χ4n) is 10.5. The van der Waals surface area contributed by atoms with Crippen molar-refractivity contribution in [2.75, 3.05) is 26.6 Å². The lowest BCUT2D eigenvalue weighted by Gasteiger charge is -2.24. The first-order valence-corrected chi connectivity index (χ1v) is 50.4. The largest absolute Gasteiger partial charge is 0.359 e. The third kappa shape index (κ3) is 24.4. The van der Waals surface area contributed by atoms with Gasteiger partial charge in [-0.25, -0.2) is 62.0 Å². The Labute approximate surface area is 785 Å². The number of aryl methyl sites for hydroxylation is 1. The standard InChI is InChI=1S/C19H17ClN2O3S2.C17H20Cl2N2O4S.C17H20Cl2N2O3S2.C17H15ClN2O3S2.C16H17ClN2O3S/c1-19(2,27(24,25)15-10-8-14(20)9-11-15)17(23)22-18-21-16(12-26-18)13-6-4-3-5-7-13;1-16(2,3)13-9-14(21-25-13)20-15(22)17(4,5)26(23,24)12-7-6-10(18)8-11(12)19;1-16(2,3)13-9-25-15(20-13)21-14(22)17(4,5)26(23,24)12-7-6-10(18)8-11(12)19;1-17(2,25(22,23)12-9-7-11(18)8-10-12)15(21)20-16-19-13-5-3-4-6-14(13)24-16;1-11-4-9-14(18-10-11)19-15(20)16(2,3)23(21,22)13-7-5-12(17)6-8-13/h3-12H,1-2H3,(H,21,22,23);2*6-9H,1-5H3,(H,20,21,22);3-10H,1-2H3,(H,19,20,21);4-10H,1-3H3,(H,18,19,20). The lowest BCUT2D eigenvalue weighted by atomic mass is 9.93. The van der Waals surface area contributed by atoms with Crippen LogP contribution in [0.1, 0.15) is 128 Å². The van der Waals surface area contributed by atoms with Gasteiger partial charge >= 0.3 is 0 Å². The molecule has 0 saturated heterocycles. The molecule has 12 aromatic rings. The molecule has 0 aliphatic heterocycles. The number of carbonyl (C=O) groups excluding carboxylic acids is 5. The maximum atomic E-state index is 13.0. The SMILES string of the molecule is CC(C)(C(=O)Nc1nc(-c2ccccc2)cs1)S(=O)(=O)c1ccc(Cl)cc1.CC(C)(C(=O)Nc1nc2ccccc2s1)S(=O)(=O)c1ccc(Cl)cc1.CC(C)(C)c1cc(NC(=O)C(C)(C)S(=O)(=O)c2ccc(Cl)cc2Cl)no1.CC(C)(C)c1csc(NC(=O)C(C)(C)S(=O)(=O)c2ccc(Cl)cc2Cl)n1.Cc1ccc(NC(=O)C(C)(C)S(=O)(=O)c2ccc(Cl)cc2)nc1. The van der Waals surface area contributed by atoms with E-state index in [1.807, 2.05) is 114 Å². The summed E-state index contributed by atoms with van der Waals surface area (Å²) in [4.78, 5) is 80.1. The number of benzene rings is 7. The second-order valence-corrected chi connectivity index (χ2v) is 50.8. The molecular weight excluding hydrogens is 1930 g/mol. The van der Waals surface area contributed by atoms with Crippen LogP contribution < -0.4 is 26.6 Å². The van der Waals surface area contributed by atoms with Crippen LogP contribution in [-0.4, -0.2) is 120 Å². The van der Waals surface area contributed by atoms with E-state index < -0.39 is 102 Å². The van der Waals surface area contributed by atoms with Gasteiger partial charge in [-0.15, -0.1) is 22.7 Å². The summed E-state index contributed by atoms with van der Waals surface area (Å²) in [5, 5.41) is 23.2. The van der Waals surface area contributed by atoms with E-state index in [2.05, 4.69) is 51.7 Å². The number of hydrogen-bond donors (Lipinski definition) is 5. The number of pyridine rings is 1. The number of nitrogens with one attached hydrogen (secondary N) is 5. The summed E-state index contributed by atoms with van der Waals surface area (Å²) < 4.78 is 126. The number of sulfone groups is 5. The van der Waals surface area contributed by atoms with Crippen LogP contribution in [-0.2, 0) is 84.0 Å². The number of amides is 5. The zero-order valence-corrected chi connectivity index (χ0v) is 83.1. The maximum absolute atomic E-state index is 13.0. The first-order valence-electron chi connectivity index (χ1n) is 37.8. The van der Waals surface area contributed by atoms with E-state index in [0.717, 1.165) is 27.0 Å². The van der Waals surface area contributed by atoms with Crippen molar-refractivity contribution in [3.63, 3.8) is 0 Å². The van der Waals surface area contributed by atoms with Gasteiger partial charge in [0.15, 0.2) is 70.4 Å². The third-order valence-corrected chi connectivity index (χ3v) is 36.0. The number of thiazole rings is 3. The van der Waals surface area contributed by atoms with Crippen molar-refractivity contribution in [3.8, 4) is 11.3 Å². The number of carbonyl (C=O) groups is 5. The topological polar surface area (TPSA) is 394 Å². The van der Waals surface area contributed by atoms with Gasteiger partial charge in [-0.3, -0.25) is 24.0 Å². The van der Waals surface area contributed by atoms with Crippen LogP contribution >= 0.6 is 115 Å². The molecule has 7 aromatic carbocycles. The minimum absolute atomic E-state index is 0.0253. The molecule has 127 heavy (non-hydrogen) atoms. The Hall–Kier alpha value is -8.82. The van der Waals surface area contributed by atoms with Crippen LogP contribution in [0, 0.1) is 6.92 Å². The average Bonchev–Trinajstić information content (AvgIpc) is 1.40. The zero-order chi connectivity index (χ0) is 95.0. The van der Waals surface area contributed by atoms with Crippen molar-refractivity contribution in [1.82, 2.24) is 25.1 Å². The number of hydrogen-bond acceptors (Lipinski definition) is 24. The van der Waals surface area contributed by atoms with E-state index in [1.54, 1.807) is 24.4 Å². The summed E-state index contributed by atoms with van der Waals surface area (Å²) in [6, 6.07) is 47.2. The van der Waals surface area contributed by atoms with Crippen molar-refractivity contribution < 1.29 is 70.6 Å². The Morgan fingerprint density at radius 1 is 0.362 bits per heavy atom. The predicted molar refractivity (Wildman–Crippen MR) is 509 cm³/mol. The Morgan fingerprint density at radius 2 is 0.732 bits per heavy atom. The molecule has 0 fully saturated rings. The van der Waals surface area contributed by atoms with Gasteiger partial charge in [-0.2, -0.15) is 0 Å². The molecule has 0 aliphatic rings. The molecule has 0 saturated carbocycles. The molecule has 0 unspecified atom stereocenters. The summed E-state index contributed by atoms with van der Waals surface area (Å²) in [5.74, 6) is -2.35. The highest BCUT2D eigenvalue weighted by Crippen LogP contribution is 2.39. The van der Waals surface area contributed by atoms with Crippen LogP contribution in [0.5, 0.6) is 0 Å². The van der Waals surface area contributed by atoms with Crippen molar-refractivity contribution in [2.45, 2.75) is 177 Å². The Balaban J connectivity index is 0.000000197. The van der Waals surface area contributed by atoms with Crippen LogP contribution in [0.2, 0.25) is 35.2 Å². The molecule has 0 aliphatic carbocycles. The zero-order valence-electron chi connectivity index (χ0n) is 71.2. The number of rotatable bonds is 21. The lowest BCUT2D eigenvalue weighted by molar-refractivity contribution is -0.118. The number of nitrogens with zero attached hydrogens (tertiary/aromatic N) is 5. The summed E-state index contributed by atoms with van der Waals surface area (Å²) in [6.07, 6.45) is 1.59. The van der Waals surface area contributed by atoms with E-state index in [4.69, 9.17) is 85.7 Å². The highest BCUT2D eigenvalue weighted by Gasteiger charge is 2.49. The predicted octanol–water partition coefficient (Wildman–Crippen LogP) is 21.4. The van der Waals surface area contributed by atoms with E-state index in [9.17, 15) is 66.1 Å². The molecule has 12 rings (SSSR count). The molecule has 0 bridgehead atoms. The van der Waals surface area contributed by atoms with Gasteiger partial charge in [0.05, 0.1) is 56.1 Å². The fourth-order valence-corrected chi connectivity index (χ4v) is 21.7. The Kier molecular flexibility index (Phi) is 33.2. The number of halogens is 7. The lowest BCUT2D eigenvalue weighted by Crippen LogP contribution is -2.44. The molecular formula is C86H89Cl7N10O16S8. The molecule has 5 N–H and O–H groups in total. The second kappa shape index (κ2) is 40.7. The number of para-hydroxylation sites is 1.